The third-order valence-electron chi connectivity index (χ3n) is 3.59. The zero-order valence-corrected chi connectivity index (χ0v) is 10.8. The van der Waals surface area contributed by atoms with Crippen LogP contribution in [0.15, 0.2) is 36.5 Å². The maximum Gasteiger partial charge on any atom is 0.0705 e. The summed E-state index contributed by atoms with van der Waals surface area (Å²) in [6, 6.07) is 11.1. The van der Waals surface area contributed by atoms with E-state index in [4.69, 9.17) is 0 Å². The van der Waals surface area contributed by atoms with Crippen LogP contribution < -0.4 is 5.32 Å². The Labute approximate surface area is 108 Å². The summed E-state index contributed by atoms with van der Waals surface area (Å²) >= 11 is 0. The summed E-state index contributed by atoms with van der Waals surface area (Å²) in [5.41, 5.74) is 2.48. The van der Waals surface area contributed by atoms with Gasteiger partial charge in [-0.25, -0.2) is 0 Å². The number of piperazine rings is 1. The number of hydrogen-bond acceptors (Lipinski definition) is 3. The summed E-state index contributed by atoms with van der Waals surface area (Å²) in [5.74, 6) is 0. The van der Waals surface area contributed by atoms with Gasteiger partial charge in [0.25, 0.3) is 0 Å². The standard InChI is InChI=1S/C15H19N3/c1-12-10-18(9-8-16-12)11-13-6-7-17-15-5-3-2-4-14(13)15/h2-7,12,16H,8-11H2,1H3. The van der Waals surface area contributed by atoms with E-state index in [-0.39, 0.29) is 0 Å². The Morgan fingerprint density at radius 2 is 2.22 bits per heavy atom. The van der Waals surface area contributed by atoms with E-state index in [0.717, 1.165) is 31.7 Å². The predicted molar refractivity (Wildman–Crippen MR) is 74.5 cm³/mol. The second kappa shape index (κ2) is 5.04. The van der Waals surface area contributed by atoms with E-state index in [2.05, 4.69) is 46.4 Å². The van der Waals surface area contributed by atoms with Gasteiger partial charge in [0, 0.05) is 43.8 Å². The van der Waals surface area contributed by atoms with Crippen LogP contribution in [-0.4, -0.2) is 35.6 Å². The van der Waals surface area contributed by atoms with Crippen molar-refractivity contribution in [3.05, 3.63) is 42.1 Å². The molecule has 1 atom stereocenters. The molecule has 0 aliphatic carbocycles. The molecule has 1 aromatic carbocycles. The van der Waals surface area contributed by atoms with Gasteiger partial charge in [0.05, 0.1) is 5.52 Å². The fourth-order valence-corrected chi connectivity index (χ4v) is 2.69. The molecular weight excluding hydrogens is 222 g/mol. The molecule has 0 bridgehead atoms. The molecule has 2 heterocycles. The minimum Gasteiger partial charge on any atom is -0.312 e. The number of nitrogens with one attached hydrogen (secondary N) is 1. The van der Waals surface area contributed by atoms with Crippen molar-refractivity contribution in [1.82, 2.24) is 15.2 Å². The highest BCUT2D eigenvalue weighted by atomic mass is 15.2. The van der Waals surface area contributed by atoms with E-state index < -0.39 is 0 Å². The fourth-order valence-electron chi connectivity index (χ4n) is 2.69. The topological polar surface area (TPSA) is 28.2 Å². The average Bonchev–Trinajstić information content (AvgIpc) is 2.39. The summed E-state index contributed by atoms with van der Waals surface area (Å²) < 4.78 is 0. The maximum absolute atomic E-state index is 4.42. The molecule has 2 aromatic rings. The van der Waals surface area contributed by atoms with Gasteiger partial charge in [-0.15, -0.1) is 0 Å². The van der Waals surface area contributed by atoms with Gasteiger partial charge in [-0.3, -0.25) is 9.88 Å². The van der Waals surface area contributed by atoms with Crippen LogP contribution in [0.3, 0.4) is 0 Å². The average molecular weight is 241 g/mol. The molecule has 1 N–H and O–H groups in total. The number of aromatic nitrogens is 1. The smallest absolute Gasteiger partial charge is 0.0705 e. The Bertz CT molecular complexity index is 533. The molecule has 0 spiro atoms. The van der Waals surface area contributed by atoms with Crippen LogP contribution in [-0.2, 0) is 6.54 Å². The number of hydrogen-bond donors (Lipinski definition) is 1. The molecule has 1 aliphatic heterocycles. The Kier molecular flexibility index (Phi) is 3.26. The van der Waals surface area contributed by atoms with E-state index in [9.17, 15) is 0 Å². The third-order valence-corrected chi connectivity index (χ3v) is 3.59. The maximum atomic E-state index is 4.42. The van der Waals surface area contributed by atoms with Crippen molar-refractivity contribution in [2.45, 2.75) is 19.5 Å². The zero-order valence-electron chi connectivity index (χ0n) is 10.8. The van der Waals surface area contributed by atoms with E-state index in [1.54, 1.807) is 0 Å². The van der Waals surface area contributed by atoms with E-state index >= 15 is 0 Å². The molecule has 3 heteroatoms. The zero-order chi connectivity index (χ0) is 12.4. The number of fused-ring (bicyclic) bond motifs is 1. The summed E-state index contributed by atoms with van der Waals surface area (Å²) in [5, 5.41) is 4.76. The minimum atomic E-state index is 0.590. The van der Waals surface area contributed by atoms with Gasteiger partial charge in [-0.05, 0) is 24.6 Å². The van der Waals surface area contributed by atoms with E-state index in [1.165, 1.54) is 10.9 Å². The number of rotatable bonds is 2. The number of para-hydroxylation sites is 1. The first-order valence-corrected chi connectivity index (χ1v) is 6.61. The highest BCUT2D eigenvalue weighted by Gasteiger charge is 2.16. The monoisotopic (exact) mass is 241 g/mol. The van der Waals surface area contributed by atoms with Gasteiger partial charge in [-0.2, -0.15) is 0 Å². The lowest BCUT2D eigenvalue weighted by Crippen LogP contribution is -2.48. The van der Waals surface area contributed by atoms with Crippen molar-refractivity contribution in [3.63, 3.8) is 0 Å². The summed E-state index contributed by atoms with van der Waals surface area (Å²) in [7, 11) is 0. The van der Waals surface area contributed by atoms with Crippen LogP contribution in [0.5, 0.6) is 0 Å². The molecule has 1 aliphatic rings. The van der Waals surface area contributed by atoms with Crippen LogP contribution in [0.1, 0.15) is 12.5 Å². The lowest BCUT2D eigenvalue weighted by molar-refractivity contribution is 0.200. The molecule has 18 heavy (non-hydrogen) atoms. The lowest BCUT2D eigenvalue weighted by Gasteiger charge is -2.32. The van der Waals surface area contributed by atoms with Crippen molar-refractivity contribution in [1.29, 1.82) is 0 Å². The molecule has 3 nitrogen and oxygen atoms in total. The van der Waals surface area contributed by atoms with Crippen molar-refractivity contribution in [2.75, 3.05) is 19.6 Å². The normalized spacial score (nSPS) is 21.3. The lowest BCUT2D eigenvalue weighted by atomic mass is 10.1. The van der Waals surface area contributed by atoms with Crippen molar-refractivity contribution >= 4 is 10.9 Å². The first-order valence-electron chi connectivity index (χ1n) is 6.61. The van der Waals surface area contributed by atoms with Gasteiger partial charge in [0.1, 0.15) is 0 Å². The molecule has 0 saturated carbocycles. The van der Waals surface area contributed by atoms with Gasteiger partial charge in [0.2, 0.25) is 0 Å². The minimum absolute atomic E-state index is 0.590. The van der Waals surface area contributed by atoms with Gasteiger partial charge in [0.15, 0.2) is 0 Å². The van der Waals surface area contributed by atoms with Gasteiger partial charge < -0.3 is 5.32 Å². The van der Waals surface area contributed by atoms with E-state index in [1.807, 2.05) is 12.3 Å². The molecule has 3 rings (SSSR count). The summed E-state index contributed by atoms with van der Waals surface area (Å²) in [6.45, 7) is 6.60. The predicted octanol–water partition coefficient (Wildman–Crippen LogP) is 2.03. The molecule has 94 valence electrons. The molecule has 1 saturated heterocycles. The molecule has 0 radical (unpaired) electrons. The van der Waals surface area contributed by atoms with Crippen molar-refractivity contribution in [3.8, 4) is 0 Å². The Morgan fingerprint density at radius 3 is 3.11 bits per heavy atom. The Balaban J connectivity index is 1.86. The third kappa shape index (κ3) is 2.37. The fraction of sp³-hybridized carbons (Fsp3) is 0.400. The molecule has 0 amide bonds. The van der Waals surface area contributed by atoms with Gasteiger partial charge >= 0.3 is 0 Å². The second-order valence-electron chi connectivity index (χ2n) is 5.08. The number of pyridine rings is 1. The SMILES string of the molecule is CC1CN(Cc2ccnc3ccccc23)CCN1. The van der Waals surface area contributed by atoms with Crippen LogP contribution in [0, 0.1) is 0 Å². The van der Waals surface area contributed by atoms with Crippen LogP contribution in [0.4, 0.5) is 0 Å². The molecule has 1 fully saturated rings. The molecule has 1 aromatic heterocycles. The second-order valence-corrected chi connectivity index (χ2v) is 5.08. The Morgan fingerprint density at radius 1 is 1.33 bits per heavy atom. The largest absolute Gasteiger partial charge is 0.312 e. The number of benzene rings is 1. The first kappa shape index (κ1) is 11.6. The Hall–Kier alpha value is -1.45. The van der Waals surface area contributed by atoms with Crippen LogP contribution in [0.2, 0.25) is 0 Å². The van der Waals surface area contributed by atoms with Gasteiger partial charge in [-0.1, -0.05) is 18.2 Å². The van der Waals surface area contributed by atoms with Crippen LogP contribution >= 0.6 is 0 Å². The molecule has 1 unspecified atom stereocenters. The highest BCUT2D eigenvalue weighted by molar-refractivity contribution is 5.81. The first-order chi connectivity index (χ1) is 8.83. The summed E-state index contributed by atoms with van der Waals surface area (Å²) in [6.07, 6.45) is 1.92. The van der Waals surface area contributed by atoms with E-state index in [0.29, 0.717) is 6.04 Å². The quantitative estimate of drug-likeness (QED) is 0.872. The molecular formula is C15H19N3. The van der Waals surface area contributed by atoms with Crippen LogP contribution in [0.25, 0.3) is 10.9 Å². The summed E-state index contributed by atoms with van der Waals surface area (Å²) in [4.78, 5) is 6.94. The highest BCUT2D eigenvalue weighted by Crippen LogP contribution is 2.18. The number of nitrogens with zero attached hydrogens (tertiary/aromatic N) is 2. The van der Waals surface area contributed by atoms with Crippen molar-refractivity contribution in [2.24, 2.45) is 0 Å². The van der Waals surface area contributed by atoms with Crippen molar-refractivity contribution < 1.29 is 0 Å².